The highest BCUT2D eigenvalue weighted by Gasteiger charge is 2.30. The average molecular weight is 323 g/mol. The number of rotatable bonds is 3. The van der Waals surface area contributed by atoms with Crippen LogP contribution in [-0.4, -0.2) is 6.61 Å². The SMILES string of the molecule is FC(F)Oc1cc(Cl)cc(-c2cccc(C(F)(F)F)c2)c1. The lowest BCUT2D eigenvalue weighted by atomic mass is 10.0. The van der Waals surface area contributed by atoms with Crippen molar-refractivity contribution in [3.8, 4) is 16.9 Å². The van der Waals surface area contributed by atoms with Gasteiger partial charge >= 0.3 is 12.8 Å². The fraction of sp³-hybridized carbons (Fsp3) is 0.143. The minimum absolute atomic E-state index is 0.0839. The first-order valence-electron chi connectivity index (χ1n) is 5.69. The lowest BCUT2D eigenvalue weighted by Gasteiger charge is -2.11. The van der Waals surface area contributed by atoms with Crippen LogP contribution in [0.2, 0.25) is 5.02 Å². The summed E-state index contributed by atoms with van der Waals surface area (Å²) < 4.78 is 66.6. The van der Waals surface area contributed by atoms with Crippen LogP contribution in [0, 0.1) is 0 Å². The van der Waals surface area contributed by atoms with E-state index in [9.17, 15) is 22.0 Å². The van der Waals surface area contributed by atoms with E-state index in [0.29, 0.717) is 0 Å². The Hall–Kier alpha value is -1.82. The van der Waals surface area contributed by atoms with E-state index in [1.54, 1.807) is 0 Å². The van der Waals surface area contributed by atoms with E-state index < -0.39 is 18.4 Å². The van der Waals surface area contributed by atoms with Crippen molar-refractivity contribution >= 4 is 11.6 Å². The molecule has 0 saturated heterocycles. The molecule has 0 atom stereocenters. The minimum atomic E-state index is -4.49. The molecule has 0 aromatic heterocycles. The van der Waals surface area contributed by atoms with E-state index >= 15 is 0 Å². The molecular formula is C14H8ClF5O. The van der Waals surface area contributed by atoms with Crippen LogP contribution >= 0.6 is 11.6 Å². The molecule has 7 heteroatoms. The van der Waals surface area contributed by atoms with E-state index in [0.717, 1.165) is 18.2 Å². The van der Waals surface area contributed by atoms with Crippen LogP contribution in [0.15, 0.2) is 42.5 Å². The third-order valence-corrected chi connectivity index (χ3v) is 2.84. The van der Waals surface area contributed by atoms with Gasteiger partial charge in [-0.2, -0.15) is 22.0 Å². The molecule has 0 amide bonds. The molecule has 21 heavy (non-hydrogen) atoms. The summed E-state index contributed by atoms with van der Waals surface area (Å²) in [6.45, 7) is -3.04. The van der Waals surface area contributed by atoms with Gasteiger partial charge < -0.3 is 4.74 Å². The van der Waals surface area contributed by atoms with Gasteiger partial charge in [-0.25, -0.2) is 0 Å². The number of ether oxygens (including phenoxy) is 1. The van der Waals surface area contributed by atoms with E-state index in [-0.39, 0.29) is 21.9 Å². The Labute approximate surface area is 121 Å². The summed E-state index contributed by atoms with van der Waals surface area (Å²) in [5, 5.41) is 0.0839. The van der Waals surface area contributed by atoms with Crippen LogP contribution in [0.5, 0.6) is 5.75 Å². The van der Waals surface area contributed by atoms with Gasteiger partial charge in [0.15, 0.2) is 0 Å². The number of hydrogen-bond acceptors (Lipinski definition) is 1. The van der Waals surface area contributed by atoms with Gasteiger partial charge in [0.2, 0.25) is 0 Å². The first kappa shape index (κ1) is 15.6. The Kier molecular flexibility index (Phi) is 4.37. The quantitative estimate of drug-likeness (QED) is 0.666. The zero-order valence-electron chi connectivity index (χ0n) is 10.3. The van der Waals surface area contributed by atoms with Crippen molar-refractivity contribution in [2.24, 2.45) is 0 Å². The molecule has 2 aromatic rings. The molecule has 1 nitrogen and oxygen atoms in total. The summed E-state index contributed by atoms with van der Waals surface area (Å²) in [5.41, 5.74) is -0.382. The fourth-order valence-corrected chi connectivity index (χ4v) is 2.00. The molecule has 0 radical (unpaired) electrons. The second-order valence-electron chi connectivity index (χ2n) is 4.13. The molecule has 112 valence electrons. The normalized spacial score (nSPS) is 11.8. The second-order valence-corrected chi connectivity index (χ2v) is 4.57. The Morgan fingerprint density at radius 2 is 1.67 bits per heavy atom. The fourth-order valence-electron chi connectivity index (χ4n) is 1.78. The molecule has 0 N–H and O–H groups in total. The number of hydrogen-bond donors (Lipinski definition) is 0. The predicted octanol–water partition coefficient (Wildman–Crippen LogP) is 5.63. The van der Waals surface area contributed by atoms with Gasteiger partial charge in [-0.1, -0.05) is 23.7 Å². The molecular weight excluding hydrogens is 315 g/mol. The van der Waals surface area contributed by atoms with E-state index in [1.165, 1.54) is 24.3 Å². The Morgan fingerprint density at radius 3 is 2.29 bits per heavy atom. The van der Waals surface area contributed by atoms with Crippen LogP contribution in [-0.2, 0) is 6.18 Å². The van der Waals surface area contributed by atoms with E-state index in [2.05, 4.69) is 4.74 Å². The summed E-state index contributed by atoms with van der Waals surface area (Å²) in [7, 11) is 0. The van der Waals surface area contributed by atoms with Crippen molar-refractivity contribution in [3.05, 3.63) is 53.1 Å². The molecule has 0 aliphatic rings. The average Bonchev–Trinajstić information content (AvgIpc) is 2.36. The molecule has 0 aliphatic heterocycles. The highest BCUT2D eigenvalue weighted by molar-refractivity contribution is 6.31. The maximum absolute atomic E-state index is 12.7. The van der Waals surface area contributed by atoms with Crippen molar-refractivity contribution in [2.45, 2.75) is 12.8 Å². The molecule has 0 saturated carbocycles. The number of benzene rings is 2. The van der Waals surface area contributed by atoms with E-state index in [4.69, 9.17) is 11.6 Å². The monoisotopic (exact) mass is 322 g/mol. The van der Waals surface area contributed by atoms with Gasteiger partial charge in [0, 0.05) is 5.02 Å². The Balaban J connectivity index is 2.44. The lowest BCUT2D eigenvalue weighted by molar-refractivity contribution is -0.137. The highest BCUT2D eigenvalue weighted by atomic mass is 35.5. The van der Waals surface area contributed by atoms with Gasteiger partial charge in [-0.15, -0.1) is 0 Å². The van der Waals surface area contributed by atoms with Crippen LogP contribution in [0.4, 0.5) is 22.0 Å². The van der Waals surface area contributed by atoms with Crippen molar-refractivity contribution in [1.29, 1.82) is 0 Å². The number of alkyl halides is 5. The van der Waals surface area contributed by atoms with Crippen LogP contribution in [0.1, 0.15) is 5.56 Å². The maximum atomic E-state index is 12.7. The summed E-state index contributed by atoms with van der Waals surface area (Å²) in [4.78, 5) is 0. The molecule has 0 bridgehead atoms. The van der Waals surface area contributed by atoms with Gasteiger partial charge in [0.25, 0.3) is 0 Å². The standard InChI is InChI=1S/C14H8ClF5O/c15-11-5-9(6-12(7-11)21-13(16)17)8-2-1-3-10(4-8)14(18,19)20/h1-7,13H. The van der Waals surface area contributed by atoms with E-state index in [1.807, 2.05) is 0 Å². The molecule has 0 fully saturated rings. The first-order chi connectivity index (χ1) is 9.75. The minimum Gasteiger partial charge on any atom is -0.435 e. The van der Waals surface area contributed by atoms with Gasteiger partial charge in [-0.05, 0) is 41.5 Å². The van der Waals surface area contributed by atoms with Crippen LogP contribution in [0.25, 0.3) is 11.1 Å². The van der Waals surface area contributed by atoms with Crippen LogP contribution in [0.3, 0.4) is 0 Å². The Morgan fingerprint density at radius 1 is 0.952 bits per heavy atom. The van der Waals surface area contributed by atoms with Crippen molar-refractivity contribution in [3.63, 3.8) is 0 Å². The highest BCUT2D eigenvalue weighted by Crippen LogP contribution is 2.34. The van der Waals surface area contributed by atoms with Crippen molar-refractivity contribution < 1.29 is 26.7 Å². The third kappa shape index (κ3) is 4.07. The summed E-state index contributed by atoms with van der Waals surface area (Å²) in [5.74, 6) is -0.218. The molecule has 2 rings (SSSR count). The summed E-state index contributed by atoms with van der Waals surface area (Å²) in [6, 6.07) is 8.22. The van der Waals surface area contributed by atoms with Gasteiger partial charge in [0.05, 0.1) is 5.56 Å². The second kappa shape index (κ2) is 5.89. The maximum Gasteiger partial charge on any atom is 0.416 e. The molecule has 0 spiro atoms. The first-order valence-corrected chi connectivity index (χ1v) is 6.06. The molecule has 2 aromatic carbocycles. The topological polar surface area (TPSA) is 9.23 Å². The zero-order chi connectivity index (χ0) is 15.6. The van der Waals surface area contributed by atoms with Gasteiger partial charge in [0.1, 0.15) is 5.75 Å². The molecule has 0 aliphatic carbocycles. The largest absolute Gasteiger partial charge is 0.435 e. The Bertz CT molecular complexity index is 640. The summed E-state index contributed by atoms with van der Waals surface area (Å²) >= 11 is 5.77. The van der Waals surface area contributed by atoms with Gasteiger partial charge in [-0.3, -0.25) is 0 Å². The number of halogens is 6. The molecule has 0 heterocycles. The lowest BCUT2D eigenvalue weighted by Crippen LogP contribution is -2.04. The predicted molar refractivity (Wildman–Crippen MR) is 68.5 cm³/mol. The van der Waals surface area contributed by atoms with Crippen molar-refractivity contribution in [1.82, 2.24) is 0 Å². The summed E-state index contributed by atoms with van der Waals surface area (Å²) in [6.07, 6.45) is -4.49. The molecule has 0 unspecified atom stereocenters. The van der Waals surface area contributed by atoms with Crippen LogP contribution < -0.4 is 4.74 Å². The smallest absolute Gasteiger partial charge is 0.416 e. The van der Waals surface area contributed by atoms with Crippen molar-refractivity contribution in [2.75, 3.05) is 0 Å². The zero-order valence-corrected chi connectivity index (χ0v) is 11.1. The third-order valence-electron chi connectivity index (χ3n) is 2.62.